The molecule has 0 radical (unpaired) electrons. The molecule has 0 spiro atoms. The number of benzene rings is 1. The molecule has 0 aliphatic carbocycles. The van der Waals surface area contributed by atoms with E-state index in [4.69, 9.17) is 5.11 Å². The number of likely N-dealkylation sites (N-methyl/N-ethyl adjacent to an activating group) is 1. The molecular formula is C14H19F3N2O2. The van der Waals surface area contributed by atoms with Gasteiger partial charge in [0, 0.05) is 12.2 Å². The van der Waals surface area contributed by atoms with Crippen LogP contribution in [0.15, 0.2) is 24.3 Å². The number of aliphatic hydroxyl groups is 1. The summed E-state index contributed by atoms with van der Waals surface area (Å²) < 4.78 is 36.6. The van der Waals surface area contributed by atoms with Crippen molar-refractivity contribution in [3.8, 4) is 0 Å². The van der Waals surface area contributed by atoms with Gasteiger partial charge < -0.3 is 10.4 Å². The number of carbonyl (C=O) groups is 1. The summed E-state index contributed by atoms with van der Waals surface area (Å²) in [6.07, 6.45) is -6.32. The van der Waals surface area contributed by atoms with Gasteiger partial charge in [-0.1, -0.05) is 19.1 Å². The number of anilines is 1. The summed E-state index contributed by atoms with van der Waals surface area (Å²) in [5.74, 6) is -0.430. The van der Waals surface area contributed by atoms with Crippen LogP contribution in [-0.2, 0) is 11.2 Å². The number of nitrogens with one attached hydrogen (secondary N) is 1. The van der Waals surface area contributed by atoms with Gasteiger partial charge in [-0.25, -0.2) is 0 Å². The van der Waals surface area contributed by atoms with Crippen molar-refractivity contribution in [2.75, 3.05) is 25.5 Å². The molecule has 0 fully saturated rings. The average molecular weight is 304 g/mol. The van der Waals surface area contributed by atoms with E-state index in [1.807, 2.05) is 19.1 Å². The lowest BCUT2D eigenvalue weighted by Crippen LogP contribution is -2.42. The summed E-state index contributed by atoms with van der Waals surface area (Å²) in [5.41, 5.74) is 1.65. The molecule has 1 unspecified atom stereocenters. The number of hydrogen-bond donors (Lipinski definition) is 2. The summed E-state index contributed by atoms with van der Waals surface area (Å²) in [6.45, 7) is 1.10. The largest absolute Gasteiger partial charge is 0.415 e. The second-order valence-corrected chi connectivity index (χ2v) is 4.86. The summed E-state index contributed by atoms with van der Waals surface area (Å²) in [4.78, 5) is 12.9. The highest BCUT2D eigenvalue weighted by atomic mass is 19.4. The zero-order valence-electron chi connectivity index (χ0n) is 11.9. The van der Waals surface area contributed by atoms with Gasteiger partial charge in [0.2, 0.25) is 5.91 Å². The van der Waals surface area contributed by atoms with Crippen LogP contribution < -0.4 is 5.32 Å². The van der Waals surface area contributed by atoms with Crippen molar-refractivity contribution in [3.63, 3.8) is 0 Å². The molecule has 0 saturated carbocycles. The molecule has 1 amide bonds. The monoisotopic (exact) mass is 304 g/mol. The molecule has 118 valence electrons. The van der Waals surface area contributed by atoms with Crippen LogP contribution in [0.1, 0.15) is 12.5 Å². The van der Waals surface area contributed by atoms with Crippen molar-refractivity contribution in [3.05, 3.63) is 29.8 Å². The van der Waals surface area contributed by atoms with E-state index in [1.165, 1.54) is 7.05 Å². The minimum absolute atomic E-state index is 0.233. The van der Waals surface area contributed by atoms with Gasteiger partial charge in [-0.3, -0.25) is 9.69 Å². The molecule has 1 aromatic rings. The highest BCUT2D eigenvalue weighted by Crippen LogP contribution is 2.20. The van der Waals surface area contributed by atoms with Crippen molar-refractivity contribution in [2.45, 2.75) is 25.6 Å². The van der Waals surface area contributed by atoms with Crippen LogP contribution in [0, 0.1) is 0 Å². The molecule has 0 bridgehead atoms. The third-order valence-electron chi connectivity index (χ3n) is 2.89. The number of hydrogen-bond acceptors (Lipinski definition) is 3. The van der Waals surface area contributed by atoms with E-state index >= 15 is 0 Å². The first-order chi connectivity index (χ1) is 9.72. The molecule has 0 aromatic heterocycles. The number of amides is 1. The normalized spacial score (nSPS) is 13.3. The van der Waals surface area contributed by atoms with Gasteiger partial charge in [-0.05, 0) is 31.2 Å². The lowest BCUT2D eigenvalue weighted by atomic mass is 10.1. The zero-order chi connectivity index (χ0) is 16.0. The maximum absolute atomic E-state index is 12.2. The van der Waals surface area contributed by atoms with Crippen LogP contribution >= 0.6 is 0 Å². The third-order valence-corrected chi connectivity index (χ3v) is 2.89. The first kappa shape index (κ1) is 17.5. The number of nitrogens with zero attached hydrogens (tertiary/aromatic N) is 1. The van der Waals surface area contributed by atoms with E-state index in [1.54, 1.807) is 12.1 Å². The lowest BCUT2D eigenvalue weighted by molar-refractivity contribution is -0.207. The van der Waals surface area contributed by atoms with Crippen LogP contribution in [0.4, 0.5) is 18.9 Å². The molecule has 7 heteroatoms. The Labute approximate surface area is 121 Å². The van der Waals surface area contributed by atoms with Crippen molar-refractivity contribution in [2.24, 2.45) is 0 Å². The highest BCUT2D eigenvalue weighted by molar-refractivity contribution is 5.92. The number of carbonyl (C=O) groups excluding carboxylic acids is 1. The number of alkyl halides is 3. The second kappa shape index (κ2) is 7.42. The maximum Gasteiger partial charge on any atom is 0.415 e. The van der Waals surface area contributed by atoms with E-state index in [0.29, 0.717) is 5.69 Å². The molecule has 0 saturated heterocycles. The summed E-state index contributed by atoms with van der Waals surface area (Å²) >= 11 is 0. The molecule has 21 heavy (non-hydrogen) atoms. The average Bonchev–Trinajstić information content (AvgIpc) is 2.37. The van der Waals surface area contributed by atoms with Crippen LogP contribution in [0.25, 0.3) is 0 Å². The Morgan fingerprint density at radius 1 is 1.43 bits per heavy atom. The topological polar surface area (TPSA) is 52.6 Å². The highest BCUT2D eigenvalue weighted by Gasteiger charge is 2.38. The van der Waals surface area contributed by atoms with E-state index in [9.17, 15) is 18.0 Å². The fourth-order valence-corrected chi connectivity index (χ4v) is 1.78. The van der Waals surface area contributed by atoms with Crippen LogP contribution in [0.3, 0.4) is 0 Å². The molecule has 0 aliphatic rings. The fourth-order valence-electron chi connectivity index (χ4n) is 1.78. The van der Waals surface area contributed by atoms with Gasteiger partial charge in [0.1, 0.15) is 0 Å². The van der Waals surface area contributed by atoms with Gasteiger partial charge in [-0.15, -0.1) is 0 Å². The SMILES string of the molecule is CCc1cccc(NC(=O)CN(C)CC(O)C(F)(F)F)c1. The van der Waals surface area contributed by atoms with Crippen LogP contribution in [0.2, 0.25) is 0 Å². The lowest BCUT2D eigenvalue weighted by Gasteiger charge is -2.21. The zero-order valence-corrected chi connectivity index (χ0v) is 11.9. The Kier molecular flexibility index (Phi) is 6.17. The summed E-state index contributed by atoms with van der Waals surface area (Å²) in [6, 6.07) is 7.23. The van der Waals surface area contributed by atoms with E-state index in [0.717, 1.165) is 16.9 Å². The van der Waals surface area contributed by atoms with Gasteiger partial charge in [0.25, 0.3) is 0 Å². The van der Waals surface area contributed by atoms with E-state index in [2.05, 4.69) is 5.32 Å². The van der Waals surface area contributed by atoms with Gasteiger partial charge >= 0.3 is 6.18 Å². The van der Waals surface area contributed by atoms with Crippen molar-refractivity contribution < 1.29 is 23.1 Å². The Bertz CT molecular complexity index is 478. The first-order valence-electron chi connectivity index (χ1n) is 6.54. The molecular weight excluding hydrogens is 285 g/mol. The predicted molar refractivity (Wildman–Crippen MR) is 74.0 cm³/mol. The third kappa shape index (κ3) is 6.14. The maximum atomic E-state index is 12.2. The number of aliphatic hydroxyl groups excluding tert-OH is 1. The molecule has 1 atom stereocenters. The molecule has 2 N–H and O–H groups in total. The summed E-state index contributed by atoms with van der Waals surface area (Å²) in [7, 11) is 1.34. The molecule has 1 rings (SSSR count). The summed E-state index contributed by atoms with van der Waals surface area (Å²) in [5, 5.41) is 11.5. The Balaban J connectivity index is 2.49. The Morgan fingerprint density at radius 3 is 2.67 bits per heavy atom. The number of aryl methyl sites for hydroxylation is 1. The van der Waals surface area contributed by atoms with Gasteiger partial charge in [0.05, 0.1) is 6.54 Å². The van der Waals surface area contributed by atoms with E-state index < -0.39 is 24.7 Å². The molecule has 1 aromatic carbocycles. The van der Waals surface area contributed by atoms with Crippen molar-refractivity contribution in [1.82, 2.24) is 4.90 Å². The Hall–Kier alpha value is -1.60. The van der Waals surface area contributed by atoms with Gasteiger partial charge in [0.15, 0.2) is 6.10 Å². The fraction of sp³-hybridized carbons (Fsp3) is 0.500. The Morgan fingerprint density at radius 2 is 2.10 bits per heavy atom. The van der Waals surface area contributed by atoms with Crippen LogP contribution in [-0.4, -0.2) is 48.3 Å². The quantitative estimate of drug-likeness (QED) is 0.845. The predicted octanol–water partition coefficient (Wildman–Crippen LogP) is 2.04. The second-order valence-electron chi connectivity index (χ2n) is 4.86. The molecule has 0 heterocycles. The minimum Gasteiger partial charge on any atom is -0.382 e. The smallest absolute Gasteiger partial charge is 0.382 e. The molecule has 0 aliphatic heterocycles. The van der Waals surface area contributed by atoms with E-state index in [-0.39, 0.29) is 6.54 Å². The number of rotatable bonds is 6. The standard InChI is InChI=1S/C14H19F3N2O2/c1-3-10-5-4-6-11(7-10)18-13(21)9-19(2)8-12(20)14(15,16)17/h4-7,12,20H,3,8-9H2,1-2H3,(H,18,21). The van der Waals surface area contributed by atoms with Gasteiger partial charge in [-0.2, -0.15) is 13.2 Å². The van der Waals surface area contributed by atoms with Crippen molar-refractivity contribution >= 4 is 11.6 Å². The van der Waals surface area contributed by atoms with Crippen molar-refractivity contribution in [1.29, 1.82) is 0 Å². The first-order valence-corrected chi connectivity index (χ1v) is 6.54. The minimum atomic E-state index is -4.68. The molecule has 4 nitrogen and oxygen atoms in total. The number of halogens is 3. The van der Waals surface area contributed by atoms with Crippen LogP contribution in [0.5, 0.6) is 0 Å².